The van der Waals surface area contributed by atoms with Gasteiger partial charge < -0.3 is 19.0 Å². The van der Waals surface area contributed by atoms with E-state index >= 15 is 0 Å². The molecule has 0 radical (unpaired) electrons. The highest BCUT2D eigenvalue weighted by atomic mass is 16.5. The van der Waals surface area contributed by atoms with E-state index in [2.05, 4.69) is 29.5 Å². The molecule has 32 heavy (non-hydrogen) atoms. The van der Waals surface area contributed by atoms with Crippen molar-refractivity contribution in [3.8, 4) is 5.75 Å². The Morgan fingerprint density at radius 2 is 1.91 bits per heavy atom. The van der Waals surface area contributed by atoms with Gasteiger partial charge in [0.15, 0.2) is 11.3 Å². The number of carbonyl (C=O) groups is 1. The molecular formula is C25H28N4O3. The van der Waals surface area contributed by atoms with Crippen LogP contribution < -0.4 is 4.74 Å². The molecule has 0 saturated heterocycles. The largest absolute Gasteiger partial charge is 0.478 e. The van der Waals surface area contributed by atoms with E-state index in [1.54, 1.807) is 18.5 Å². The number of aryl methyl sites for hydroxylation is 3. The topological polar surface area (TPSA) is 82.2 Å². The van der Waals surface area contributed by atoms with Crippen molar-refractivity contribution in [3.05, 3.63) is 77.4 Å². The third-order valence-corrected chi connectivity index (χ3v) is 5.56. The van der Waals surface area contributed by atoms with E-state index in [0.29, 0.717) is 17.9 Å². The van der Waals surface area contributed by atoms with Crippen LogP contribution in [0, 0.1) is 0 Å². The summed E-state index contributed by atoms with van der Waals surface area (Å²) in [6.07, 6.45) is 3.28. The standard InChI is InChI=1S/C25H28N4O3/c1-4-9-19-14-17(15-29-21(5-2)27-24-23(29)26-16-28(24)3)12-13-20(19)32-22(25(30)31)18-10-7-6-8-11-18/h6-8,10-14,16,22H,4-5,9,15H2,1-3H3,(H,30,31). The van der Waals surface area contributed by atoms with Gasteiger partial charge in [-0.25, -0.2) is 14.8 Å². The molecule has 0 bridgehead atoms. The number of rotatable bonds is 9. The highest BCUT2D eigenvalue weighted by Crippen LogP contribution is 2.29. The Labute approximate surface area is 187 Å². The van der Waals surface area contributed by atoms with E-state index in [1.165, 1.54) is 0 Å². The van der Waals surface area contributed by atoms with E-state index in [4.69, 9.17) is 9.72 Å². The Morgan fingerprint density at radius 3 is 2.59 bits per heavy atom. The fourth-order valence-electron chi connectivity index (χ4n) is 3.98. The van der Waals surface area contributed by atoms with Crippen molar-refractivity contribution < 1.29 is 14.6 Å². The second kappa shape index (κ2) is 9.26. The minimum Gasteiger partial charge on any atom is -0.478 e. The molecule has 0 aliphatic heterocycles. The monoisotopic (exact) mass is 432 g/mol. The Balaban J connectivity index is 1.66. The third kappa shape index (κ3) is 4.23. The van der Waals surface area contributed by atoms with Crippen molar-refractivity contribution in [2.24, 2.45) is 7.05 Å². The molecule has 0 fully saturated rings. The Morgan fingerprint density at radius 1 is 1.12 bits per heavy atom. The van der Waals surface area contributed by atoms with Gasteiger partial charge >= 0.3 is 5.97 Å². The van der Waals surface area contributed by atoms with Crippen LogP contribution in [-0.2, 0) is 31.2 Å². The highest BCUT2D eigenvalue weighted by molar-refractivity contribution is 5.75. The van der Waals surface area contributed by atoms with Gasteiger partial charge in [0.2, 0.25) is 6.10 Å². The Bertz CT molecular complexity index is 1230. The summed E-state index contributed by atoms with van der Waals surface area (Å²) in [6, 6.07) is 15.0. The lowest BCUT2D eigenvalue weighted by molar-refractivity contribution is -0.145. The molecule has 7 heteroatoms. The lowest BCUT2D eigenvalue weighted by atomic mass is 10.0. The maximum atomic E-state index is 11.9. The zero-order chi connectivity index (χ0) is 22.7. The number of imidazole rings is 2. The van der Waals surface area contributed by atoms with Gasteiger partial charge in [0.25, 0.3) is 0 Å². The van der Waals surface area contributed by atoms with E-state index in [9.17, 15) is 9.90 Å². The smallest absolute Gasteiger partial charge is 0.349 e. The van der Waals surface area contributed by atoms with Crippen LogP contribution in [0.2, 0.25) is 0 Å². The molecular weight excluding hydrogens is 404 g/mol. The fourth-order valence-corrected chi connectivity index (χ4v) is 3.98. The van der Waals surface area contributed by atoms with Crippen molar-refractivity contribution >= 4 is 17.3 Å². The molecule has 1 N–H and O–H groups in total. The number of hydrogen-bond donors (Lipinski definition) is 1. The van der Waals surface area contributed by atoms with Crippen molar-refractivity contribution in [2.75, 3.05) is 0 Å². The lowest BCUT2D eigenvalue weighted by Crippen LogP contribution is -2.19. The van der Waals surface area contributed by atoms with Crippen LogP contribution >= 0.6 is 0 Å². The van der Waals surface area contributed by atoms with Gasteiger partial charge in [0, 0.05) is 19.0 Å². The minimum absolute atomic E-state index is 0.608. The first-order valence-electron chi connectivity index (χ1n) is 10.9. The second-order valence-corrected chi connectivity index (χ2v) is 7.91. The number of benzene rings is 2. The Kier molecular flexibility index (Phi) is 6.25. The maximum absolute atomic E-state index is 11.9. The molecule has 2 heterocycles. The number of nitrogens with zero attached hydrogens (tertiary/aromatic N) is 4. The highest BCUT2D eigenvalue weighted by Gasteiger charge is 2.23. The van der Waals surface area contributed by atoms with Crippen LogP contribution in [0.15, 0.2) is 54.9 Å². The molecule has 0 spiro atoms. The number of carboxylic acids is 1. The zero-order valence-corrected chi connectivity index (χ0v) is 18.7. The number of aromatic nitrogens is 4. The molecule has 0 aliphatic carbocycles. The Hall–Kier alpha value is -3.61. The van der Waals surface area contributed by atoms with Crippen LogP contribution in [0.5, 0.6) is 5.75 Å². The maximum Gasteiger partial charge on any atom is 0.349 e. The van der Waals surface area contributed by atoms with Crippen LogP contribution in [0.1, 0.15) is 48.9 Å². The van der Waals surface area contributed by atoms with Gasteiger partial charge in [0.05, 0.1) is 12.9 Å². The third-order valence-electron chi connectivity index (χ3n) is 5.56. The average Bonchev–Trinajstić information content (AvgIpc) is 3.33. The number of aliphatic carboxylic acids is 1. The van der Waals surface area contributed by atoms with Gasteiger partial charge in [-0.2, -0.15) is 0 Å². The summed E-state index contributed by atoms with van der Waals surface area (Å²) in [4.78, 5) is 21.2. The molecule has 0 aliphatic rings. The van der Waals surface area contributed by atoms with Gasteiger partial charge in [-0.15, -0.1) is 0 Å². The number of ether oxygens (including phenoxy) is 1. The molecule has 2 aromatic heterocycles. The van der Waals surface area contributed by atoms with Crippen LogP contribution in [-0.4, -0.2) is 30.2 Å². The normalized spacial score (nSPS) is 12.2. The van der Waals surface area contributed by atoms with E-state index in [0.717, 1.165) is 47.5 Å². The van der Waals surface area contributed by atoms with Gasteiger partial charge in [-0.3, -0.25) is 0 Å². The van der Waals surface area contributed by atoms with Crippen LogP contribution in [0.3, 0.4) is 0 Å². The number of fused-ring (bicyclic) bond motifs is 1. The van der Waals surface area contributed by atoms with Crippen LogP contribution in [0.4, 0.5) is 0 Å². The molecule has 4 rings (SSSR count). The predicted molar refractivity (Wildman–Crippen MR) is 123 cm³/mol. The molecule has 1 unspecified atom stereocenters. The quantitative estimate of drug-likeness (QED) is 0.420. The summed E-state index contributed by atoms with van der Waals surface area (Å²) in [5.74, 6) is 0.591. The van der Waals surface area contributed by atoms with Gasteiger partial charge in [0.1, 0.15) is 11.6 Å². The first kappa shape index (κ1) is 21.6. The van der Waals surface area contributed by atoms with Crippen molar-refractivity contribution in [3.63, 3.8) is 0 Å². The summed E-state index contributed by atoms with van der Waals surface area (Å²) in [7, 11) is 1.95. The molecule has 1 atom stereocenters. The minimum atomic E-state index is -1.05. The molecule has 7 nitrogen and oxygen atoms in total. The first-order chi connectivity index (χ1) is 15.5. The predicted octanol–water partition coefficient (Wildman–Crippen LogP) is 4.54. The average molecular weight is 433 g/mol. The second-order valence-electron chi connectivity index (χ2n) is 7.91. The van der Waals surface area contributed by atoms with Crippen LogP contribution in [0.25, 0.3) is 11.3 Å². The zero-order valence-electron chi connectivity index (χ0n) is 18.7. The molecule has 0 saturated carbocycles. The molecule has 2 aromatic carbocycles. The molecule has 166 valence electrons. The first-order valence-corrected chi connectivity index (χ1v) is 10.9. The number of carboxylic acid groups (broad SMARTS) is 1. The molecule has 4 aromatic rings. The summed E-state index contributed by atoms with van der Waals surface area (Å²) in [6.45, 7) is 4.84. The summed E-state index contributed by atoms with van der Waals surface area (Å²) in [5.41, 5.74) is 4.48. The van der Waals surface area contributed by atoms with E-state index < -0.39 is 12.1 Å². The summed E-state index contributed by atoms with van der Waals surface area (Å²) < 4.78 is 10.1. The van der Waals surface area contributed by atoms with Crippen molar-refractivity contribution in [1.82, 2.24) is 19.1 Å². The van der Waals surface area contributed by atoms with Gasteiger partial charge in [-0.1, -0.05) is 62.7 Å². The van der Waals surface area contributed by atoms with Crippen molar-refractivity contribution in [2.45, 2.75) is 45.8 Å². The fraction of sp³-hybridized carbons (Fsp3) is 0.320. The lowest BCUT2D eigenvalue weighted by Gasteiger charge is -2.19. The SMILES string of the molecule is CCCc1cc(Cn2c(CC)nc3c2ncn3C)ccc1OC(C(=O)O)c1ccccc1. The van der Waals surface area contributed by atoms with E-state index in [-0.39, 0.29) is 0 Å². The summed E-state index contributed by atoms with van der Waals surface area (Å²) in [5, 5.41) is 9.75. The summed E-state index contributed by atoms with van der Waals surface area (Å²) >= 11 is 0. The molecule has 0 amide bonds. The van der Waals surface area contributed by atoms with Crippen molar-refractivity contribution in [1.29, 1.82) is 0 Å². The van der Waals surface area contributed by atoms with E-state index in [1.807, 2.05) is 41.9 Å². The number of hydrogen-bond acceptors (Lipinski definition) is 4. The van der Waals surface area contributed by atoms with Gasteiger partial charge in [-0.05, 0) is 23.6 Å².